The van der Waals surface area contributed by atoms with E-state index in [-0.39, 0.29) is 24.2 Å². The summed E-state index contributed by atoms with van der Waals surface area (Å²) in [6, 6.07) is 13.6. The van der Waals surface area contributed by atoms with Gasteiger partial charge in [-0.3, -0.25) is 4.79 Å². The molecule has 25 heavy (non-hydrogen) atoms. The molecule has 0 saturated carbocycles. The summed E-state index contributed by atoms with van der Waals surface area (Å²) < 4.78 is 24.1. The third kappa shape index (κ3) is 5.57. The Labute approximate surface area is 147 Å². The SMILES string of the molecule is O=C(Cc1ccc(F)cc1)NCc1ccc(OCC2CCCO2)cc1. The highest BCUT2D eigenvalue weighted by atomic mass is 19.1. The molecule has 1 fully saturated rings. The number of hydrogen-bond donors (Lipinski definition) is 1. The number of amides is 1. The lowest BCUT2D eigenvalue weighted by Gasteiger charge is -2.12. The molecule has 1 N–H and O–H groups in total. The summed E-state index contributed by atoms with van der Waals surface area (Å²) in [7, 11) is 0. The zero-order chi connectivity index (χ0) is 17.5. The summed E-state index contributed by atoms with van der Waals surface area (Å²) in [5, 5.41) is 2.86. The van der Waals surface area contributed by atoms with Gasteiger partial charge in [0.1, 0.15) is 18.2 Å². The Hall–Kier alpha value is -2.40. The Kier molecular flexibility index (Phi) is 6.01. The molecule has 1 saturated heterocycles. The number of halogens is 1. The van der Waals surface area contributed by atoms with Crippen LogP contribution >= 0.6 is 0 Å². The normalized spacial score (nSPS) is 16.6. The first-order chi connectivity index (χ1) is 12.2. The predicted octanol–water partition coefficient (Wildman–Crippen LogP) is 3.24. The molecule has 3 rings (SSSR count). The molecule has 2 aromatic rings. The molecule has 0 aromatic heterocycles. The minimum Gasteiger partial charge on any atom is -0.491 e. The molecule has 0 bridgehead atoms. The first kappa shape index (κ1) is 17.4. The number of carbonyl (C=O) groups excluding carboxylic acids is 1. The number of nitrogens with one attached hydrogen (secondary N) is 1. The van der Waals surface area contributed by atoms with Crippen molar-refractivity contribution in [1.82, 2.24) is 5.32 Å². The van der Waals surface area contributed by atoms with Gasteiger partial charge >= 0.3 is 0 Å². The van der Waals surface area contributed by atoms with E-state index >= 15 is 0 Å². The first-order valence-electron chi connectivity index (χ1n) is 8.53. The zero-order valence-corrected chi connectivity index (χ0v) is 14.0. The van der Waals surface area contributed by atoms with Crippen LogP contribution in [0.15, 0.2) is 48.5 Å². The Bertz CT molecular complexity index is 679. The summed E-state index contributed by atoms with van der Waals surface area (Å²) in [6.07, 6.45) is 2.59. The maximum absolute atomic E-state index is 12.9. The molecule has 2 aromatic carbocycles. The fourth-order valence-corrected chi connectivity index (χ4v) is 2.72. The highest BCUT2D eigenvalue weighted by Gasteiger charge is 2.15. The van der Waals surface area contributed by atoms with E-state index < -0.39 is 0 Å². The quantitative estimate of drug-likeness (QED) is 0.839. The average Bonchev–Trinajstić information content (AvgIpc) is 3.15. The topological polar surface area (TPSA) is 47.6 Å². The molecule has 1 heterocycles. The second-order valence-electron chi connectivity index (χ2n) is 6.17. The number of ether oxygens (including phenoxy) is 2. The summed E-state index contributed by atoms with van der Waals surface area (Å²) in [6.45, 7) is 1.85. The Morgan fingerprint density at radius 2 is 1.84 bits per heavy atom. The fourth-order valence-electron chi connectivity index (χ4n) is 2.72. The van der Waals surface area contributed by atoms with E-state index in [1.54, 1.807) is 12.1 Å². The van der Waals surface area contributed by atoms with Gasteiger partial charge in [0, 0.05) is 13.2 Å². The summed E-state index contributed by atoms with van der Waals surface area (Å²) in [5.74, 6) is 0.410. The summed E-state index contributed by atoms with van der Waals surface area (Å²) in [4.78, 5) is 11.9. The van der Waals surface area contributed by atoms with Crippen LogP contribution in [0.25, 0.3) is 0 Å². The number of benzene rings is 2. The van der Waals surface area contributed by atoms with Gasteiger partial charge in [-0.1, -0.05) is 24.3 Å². The molecule has 1 amide bonds. The van der Waals surface area contributed by atoms with E-state index in [0.717, 1.165) is 36.3 Å². The van der Waals surface area contributed by atoms with Crippen molar-refractivity contribution in [2.45, 2.75) is 31.9 Å². The van der Waals surface area contributed by atoms with Crippen molar-refractivity contribution in [2.75, 3.05) is 13.2 Å². The van der Waals surface area contributed by atoms with Gasteiger partial charge in [0.2, 0.25) is 5.91 Å². The molecule has 1 atom stereocenters. The number of hydrogen-bond acceptors (Lipinski definition) is 3. The van der Waals surface area contributed by atoms with Crippen molar-refractivity contribution < 1.29 is 18.7 Å². The maximum atomic E-state index is 12.9. The lowest BCUT2D eigenvalue weighted by atomic mass is 10.1. The Morgan fingerprint density at radius 3 is 2.52 bits per heavy atom. The van der Waals surface area contributed by atoms with Gasteiger partial charge in [0.15, 0.2) is 0 Å². The second-order valence-corrected chi connectivity index (χ2v) is 6.17. The van der Waals surface area contributed by atoms with Gasteiger partial charge in [0.25, 0.3) is 0 Å². The predicted molar refractivity (Wildman–Crippen MR) is 92.9 cm³/mol. The molecule has 1 aliphatic heterocycles. The highest BCUT2D eigenvalue weighted by Crippen LogP contribution is 2.16. The van der Waals surface area contributed by atoms with Gasteiger partial charge in [-0.15, -0.1) is 0 Å². The standard InChI is InChI=1S/C20H22FNO3/c21-17-7-3-15(4-8-17)12-20(23)22-13-16-5-9-18(10-6-16)25-14-19-2-1-11-24-19/h3-10,19H,1-2,11-14H2,(H,22,23). The second kappa shape index (κ2) is 8.62. The first-order valence-corrected chi connectivity index (χ1v) is 8.53. The van der Waals surface area contributed by atoms with Crippen LogP contribution in [0.1, 0.15) is 24.0 Å². The molecular formula is C20H22FNO3. The van der Waals surface area contributed by atoms with Crippen molar-refractivity contribution in [2.24, 2.45) is 0 Å². The van der Waals surface area contributed by atoms with Crippen LogP contribution in [0.5, 0.6) is 5.75 Å². The largest absolute Gasteiger partial charge is 0.491 e. The molecule has 0 aliphatic carbocycles. The maximum Gasteiger partial charge on any atom is 0.224 e. The van der Waals surface area contributed by atoms with Gasteiger partial charge < -0.3 is 14.8 Å². The van der Waals surface area contributed by atoms with Crippen LogP contribution in [0.2, 0.25) is 0 Å². The van der Waals surface area contributed by atoms with Crippen LogP contribution in [0.3, 0.4) is 0 Å². The molecule has 132 valence electrons. The Morgan fingerprint density at radius 1 is 1.12 bits per heavy atom. The molecule has 1 unspecified atom stereocenters. The van der Waals surface area contributed by atoms with Gasteiger partial charge in [-0.05, 0) is 48.2 Å². The summed E-state index contributed by atoms with van der Waals surface area (Å²) in [5.41, 5.74) is 1.79. The van der Waals surface area contributed by atoms with Crippen LogP contribution in [-0.2, 0) is 22.5 Å². The van der Waals surface area contributed by atoms with Crippen LogP contribution in [0, 0.1) is 5.82 Å². The smallest absolute Gasteiger partial charge is 0.224 e. The van der Waals surface area contributed by atoms with E-state index in [0.29, 0.717) is 13.2 Å². The molecule has 0 spiro atoms. The van der Waals surface area contributed by atoms with Crippen molar-refractivity contribution in [3.8, 4) is 5.75 Å². The summed E-state index contributed by atoms with van der Waals surface area (Å²) >= 11 is 0. The number of rotatable bonds is 7. The van der Waals surface area contributed by atoms with Gasteiger partial charge in [0.05, 0.1) is 12.5 Å². The lowest BCUT2D eigenvalue weighted by molar-refractivity contribution is -0.120. The average molecular weight is 343 g/mol. The molecule has 4 nitrogen and oxygen atoms in total. The zero-order valence-electron chi connectivity index (χ0n) is 14.0. The van der Waals surface area contributed by atoms with E-state index in [1.165, 1.54) is 12.1 Å². The fraction of sp³-hybridized carbons (Fsp3) is 0.350. The third-order valence-corrected chi connectivity index (χ3v) is 4.15. The molecule has 5 heteroatoms. The van der Waals surface area contributed by atoms with Crippen molar-refractivity contribution >= 4 is 5.91 Å². The molecule has 0 radical (unpaired) electrons. The van der Waals surface area contributed by atoms with Crippen molar-refractivity contribution in [3.63, 3.8) is 0 Å². The van der Waals surface area contributed by atoms with Crippen LogP contribution in [-0.4, -0.2) is 25.2 Å². The van der Waals surface area contributed by atoms with Crippen molar-refractivity contribution in [1.29, 1.82) is 0 Å². The highest BCUT2D eigenvalue weighted by molar-refractivity contribution is 5.78. The van der Waals surface area contributed by atoms with Gasteiger partial charge in [-0.25, -0.2) is 4.39 Å². The lowest BCUT2D eigenvalue weighted by Crippen LogP contribution is -2.24. The van der Waals surface area contributed by atoms with Crippen molar-refractivity contribution in [3.05, 3.63) is 65.5 Å². The minimum absolute atomic E-state index is 0.0923. The van der Waals surface area contributed by atoms with E-state index in [4.69, 9.17) is 9.47 Å². The van der Waals surface area contributed by atoms with Gasteiger partial charge in [-0.2, -0.15) is 0 Å². The van der Waals surface area contributed by atoms with Crippen LogP contribution < -0.4 is 10.1 Å². The third-order valence-electron chi connectivity index (χ3n) is 4.15. The number of carbonyl (C=O) groups is 1. The van der Waals surface area contributed by atoms with E-state index in [2.05, 4.69) is 5.32 Å². The van der Waals surface area contributed by atoms with E-state index in [9.17, 15) is 9.18 Å². The molecule has 1 aliphatic rings. The van der Waals surface area contributed by atoms with E-state index in [1.807, 2.05) is 24.3 Å². The minimum atomic E-state index is -0.300. The van der Waals surface area contributed by atoms with Crippen LogP contribution in [0.4, 0.5) is 4.39 Å². The Balaban J connectivity index is 1.41. The molecular weight excluding hydrogens is 321 g/mol. The monoisotopic (exact) mass is 343 g/mol.